The maximum absolute atomic E-state index is 11.1. The first-order valence-electron chi connectivity index (χ1n) is 3.87. The van der Waals surface area contributed by atoms with Gasteiger partial charge < -0.3 is 4.90 Å². The molecule has 0 N–H and O–H groups in total. The van der Waals surface area contributed by atoms with E-state index < -0.39 is 0 Å². The van der Waals surface area contributed by atoms with Crippen LogP contribution in [0.2, 0.25) is 0 Å². The molecular formula is C8H15NO. The van der Waals surface area contributed by atoms with E-state index in [0.717, 1.165) is 25.8 Å². The Morgan fingerprint density at radius 3 is 2.70 bits per heavy atom. The van der Waals surface area contributed by atoms with Gasteiger partial charge in [-0.1, -0.05) is 0 Å². The van der Waals surface area contributed by atoms with E-state index in [1.165, 1.54) is 0 Å². The van der Waals surface area contributed by atoms with Gasteiger partial charge in [0.2, 0.25) is 0 Å². The zero-order valence-corrected chi connectivity index (χ0v) is 6.76. The van der Waals surface area contributed by atoms with Gasteiger partial charge in [-0.3, -0.25) is 4.79 Å². The first-order chi connectivity index (χ1) is 4.70. The number of hydrogen-bond donors (Lipinski definition) is 0. The molecule has 1 aliphatic carbocycles. The van der Waals surface area contributed by atoms with E-state index in [4.69, 9.17) is 0 Å². The summed E-state index contributed by atoms with van der Waals surface area (Å²) in [6, 6.07) is 0. The van der Waals surface area contributed by atoms with Gasteiger partial charge in [0, 0.05) is 18.9 Å². The van der Waals surface area contributed by atoms with Crippen molar-refractivity contribution in [1.29, 1.82) is 0 Å². The van der Waals surface area contributed by atoms with Gasteiger partial charge in [0.05, 0.1) is 0 Å². The summed E-state index contributed by atoms with van der Waals surface area (Å²) in [5, 5.41) is 0. The molecular weight excluding hydrogens is 126 g/mol. The molecule has 0 radical (unpaired) electrons. The second-order valence-electron chi connectivity index (χ2n) is 3.32. The molecule has 0 aromatic heterocycles. The molecule has 0 aliphatic heterocycles. The molecule has 1 fully saturated rings. The van der Waals surface area contributed by atoms with Crippen LogP contribution in [0.5, 0.6) is 0 Å². The molecule has 1 rings (SSSR count). The molecule has 2 heteroatoms. The van der Waals surface area contributed by atoms with E-state index in [1.807, 2.05) is 14.1 Å². The molecule has 1 saturated carbocycles. The molecule has 0 heterocycles. The number of carbonyl (C=O) groups is 1. The van der Waals surface area contributed by atoms with Gasteiger partial charge >= 0.3 is 0 Å². The highest BCUT2D eigenvalue weighted by Gasteiger charge is 2.24. The molecule has 0 spiro atoms. The van der Waals surface area contributed by atoms with Crippen LogP contribution in [-0.4, -0.2) is 31.3 Å². The van der Waals surface area contributed by atoms with Gasteiger partial charge in [0.25, 0.3) is 0 Å². The topological polar surface area (TPSA) is 20.3 Å². The number of nitrogens with zero attached hydrogens (tertiary/aromatic N) is 1. The summed E-state index contributed by atoms with van der Waals surface area (Å²) in [6.45, 7) is 0.943. The first-order valence-corrected chi connectivity index (χ1v) is 3.87. The zero-order chi connectivity index (χ0) is 7.56. The Hall–Kier alpha value is -0.370. The lowest BCUT2D eigenvalue weighted by Gasteiger charge is -2.13. The first kappa shape index (κ1) is 7.73. The molecule has 0 amide bonds. The standard InChI is InChI=1S/C8H15NO/c1-9(2)6-7-4-3-5-8(7)10/h7H,3-6H2,1-2H3/t7-/m0/s1. The molecule has 0 aromatic carbocycles. The van der Waals surface area contributed by atoms with Crippen LogP contribution in [-0.2, 0) is 4.79 Å². The third kappa shape index (κ3) is 1.81. The van der Waals surface area contributed by atoms with Crippen LogP contribution in [0, 0.1) is 5.92 Å². The van der Waals surface area contributed by atoms with Crippen LogP contribution in [0.3, 0.4) is 0 Å². The van der Waals surface area contributed by atoms with Crippen molar-refractivity contribution in [3.8, 4) is 0 Å². The Kier molecular flexibility index (Phi) is 2.44. The van der Waals surface area contributed by atoms with E-state index in [2.05, 4.69) is 4.90 Å². The predicted octanol–water partition coefficient (Wildman–Crippen LogP) is 0.917. The smallest absolute Gasteiger partial charge is 0.137 e. The Balaban J connectivity index is 2.33. The molecule has 2 nitrogen and oxygen atoms in total. The normalized spacial score (nSPS) is 26.3. The number of ketones is 1. The highest BCUT2D eigenvalue weighted by atomic mass is 16.1. The average molecular weight is 141 g/mol. The van der Waals surface area contributed by atoms with Gasteiger partial charge in [-0.25, -0.2) is 0 Å². The number of hydrogen-bond acceptors (Lipinski definition) is 2. The minimum Gasteiger partial charge on any atom is -0.309 e. The summed E-state index contributed by atoms with van der Waals surface area (Å²) >= 11 is 0. The lowest BCUT2D eigenvalue weighted by Crippen LogP contribution is -2.24. The monoisotopic (exact) mass is 141 g/mol. The molecule has 58 valence electrons. The summed E-state index contributed by atoms with van der Waals surface area (Å²) < 4.78 is 0. The lowest BCUT2D eigenvalue weighted by atomic mass is 10.1. The quantitative estimate of drug-likeness (QED) is 0.570. The van der Waals surface area contributed by atoms with E-state index in [9.17, 15) is 4.79 Å². The lowest BCUT2D eigenvalue weighted by molar-refractivity contribution is -0.121. The zero-order valence-electron chi connectivity index (χ0n) is 6.76. The van der Waals surface area contributed by atoms with Gasteiger partial charge in [-0.2, -0.15) is 0 Å². The summed E-state index contributed by atoms with van der Waals surface area (Å²) in [6.07, 6.45) is 3.03. The van der Waals surface area contributed by atoms with Gasteiger partial charge in [0.15, 0.2) is 0 Å². The van der Waals surface area contributed by atoms with Crippen molar-refractivity contribution < 1.29 is 4.79 Å². The predicted molar refractivity (Wildman–Crippen MR) is 40.9 cm³/mol. The highest BCUT2D eigenvalue weighted by molar-refractivity contribution is 5.83. The molecule has 0 unspecified atom stereocenters. The summed E-state index contributed by atoms with van der Waals surface area (Å²) in [4.78, 5) is 13.2. The fourth-order valence-electron chi connectivity index (χ4n) is 1.52. The Labute approximate surface area is 62.2 Å². The largest absolute Gasteiger partial charge is 0.309 e. The maximum atomic E-state index is 11.1. The Bertz CT molecular complexity index is 131. The van der Waals surface area contributed by atoms with E-state index >= 15 is 0 Å². The Morgan fingerprint density at radius 1 is 1.60 bits per heavy atom. The third-order valence-corrected chi connectivity index (χ3v) is 2.02. The summed E-state index contributed by atoms with van der Waals surface area (Å²) in [7, 11) is 4.04. The molecule has 1 atom stereocenters. The average Bonchev–Trinajstić information content (AvgIpc) is 2.15. The van der Waals surface area contributed by atoms with Crippen LogP contribution in [0.15, 0.2) is 0 Å². The van der Waals surface area contributed by atoms with Crippen molar-refractivity contribution in [2.24, 2.45) is 5.92 Å². The number of rotatable bonds is 2. The van der Waals surface area contributed by atoms with E-state index in [0.29, 0.717) is 11.7 Å². The second-order valence-corrected chi connectivity index (χ2v) is 3.32. The van der Waals surface area contributed by atoms with Gasteiger partial charge in [0.1, 0.15) is 5.78 Å². The fraction of sp³-hybridized carbons (Fsp3) is 0.875. The van der Waals surface area contributed by atoms with Crippen molar-refractivity contribution in [3.05, 3.63) is 0 Å². The highest BCUT2D eigenvalue weighted by Crippen LogP contribution is 2.21. The minimum atomic E-state index is 0.343. The van der Waals surface area contributed by atoms with Crippen molar-refractivity contribution in [1.82, 2.24) is 4.90 Å². The van der Waals surface area contributed by atoms with Gasteiger partial charge in [-0.15, -0.1) is 0 Å². The molecule has 1 aliphatic rings. The van der Waals surface area contributed by atoms with E-state index in [-0.39, 0.29) is 0 Å². The molecule has 0 aromatic rings. The van der Waals surface area contributed by atoms with Crippen LogP contribution >= 0.6 is 0 Å². The van der Waals surface area contributed by atoms with Crippen LogP contribution in [0.1, 0.15) is 19.3 Å². The minimum absolute atomic E-state index is 0.343. The fourth-order valence-corrected chi connectivity index (χ4v) is 1.52. The summed E-state index contributed by atoms with van der Waals surface area (Å²) in [5.74, 6) is 0.809. The van der Waals surface area contributed by atoms with Crippen molar-refractivity contribution in [2.75, 3.05) is 20.6 Å². The third-order valence-electron chi connectivity index (χ3n) is 2.02. The molecule has 10 heavy (non-hydrogen) atoms. The number of Topliss-reactive ketones (excluding diaryl/α,β-unsaturated/α-hetero) is 1. The summed E-state index contributed by atoms with van der Waals surface area (Å²) in [5.41, 5.74) is 0. The SMILES string of the molecule is CN(C)C[C@@H]1CCCC1=O. The maximum Gasteiger partial charge on any atom is 0.137 e. The van der Waals surface area contributed by atoms with Crippen LogP contribution in [0.25, 0.3) is 0 Å². The van der Waals surface area contributed by atoms with Crippen LogP contribution < -0.4 is 0 Å². The number of carbonyl (C=O) groups excluding carboxylic acids is 1. The molecule has 0 bridgehead atoms. The Morgan fingerprint density at radius 2 is 2.30 bits per heavy atom. The van der Waals surface area contributed by atoms with Crippen molar-refractivity contribution >= 4 is 5.78 Å². The van der Waals surface area contributed by atoms with Gasteiger partial charge in [-0.05, 0) is 26.9 Å². The van der Waals surface area contributed by atoms with E-state index in [1.54, 1.807) is 0 Å². The van der Waals surface area contributed by atoms with Crippen LogP contribution in [0.4, 0.5) is 0 Å². The molecule has 0 saturated heterocycles. The second kappa shape index (κ2) is 3.15. The van der Waals surface area contributed by atoms with Crippen molar-refractivity contribution in [2.45, 2.75) is 19.3 Å². The van der Waals surface area contributed by atoms with Crippen molar-refractivity contribution in [3.63, 3.8) is 0 Å².